The maximum absolute atomic E-state index is 12.6. The van der Waals surface area contributed by atoms with Gasteiger partial charge in [0, 0.05) is 17.7 Å². The first-order valence-corrected chi connectivity index (χ1v) is 14.3. The molecule has 4 aromatic carbocycles. The van der Waals surface area contributed by atoms with Crippen LogP contribution in [0.3, 0.4) is 0 Å². The molecule has 0 fully saturated rings. The van der Waals surface area contributed by atoms with E-state index in [1.165, 1.54) is 42.5 Å². The van der Waals surface area contributed by atoms with Crippen molar-refractivity contribution in [2.45, 2.75) is 25.7 Å². The van der Waals surface area contributed by atoms with E-state index in [1.807, 2.05) is 0 Å². The molecule has 0 heterocycles. The van der Waals surface area contributed by atoms with Gasteiger partial charge in [-0.2, -0.15) is 0 Å². The standard InChI is InChI=1S/C36H32O9/c1-2-33(38)43-23-9-4-3-8-22-42-28-16-12-26(13-17-28)35(40)44-29-18-14-27(15-19-29)36(41)45-30-20-21-31(32(37)24-30)34(39)25-10-6-5-7-11-25/h2,5-7,10-21,24,37H,1,3-4,8-9,22-23H2. The molecule has 0 spiro atoms. The first kappa shape index (κ1) is 32.2. The third kappa shape index (κ3) is 9.65. The van der Waals surface area contributed by atoms with E-state index in [4.69, 9.17) is 18.9 Å². The van der Waals surface area contributed by atoms with Crippen LogP contribution in [0.5, 0.6) is 23.0 Å². The first-order chi connectivity index (χ1) is 21.8. The van der Waals surface area contributed by atoms with Crippen LogP contribution in [-0.2, 0) is 9.53 Å². The zero-order valence-electron chi connectivity index (χ0n) is 24.5. The first-order valence-electron chi connectivity index (χ1n) is 14.3. The number of carbonyl (C=O) groups excluding carboxylic acids is 4. The van der Waals surface area contributed by atoms with Crippen LogP contribution in [0.4, 0.5) is 0 Å². The van der Waals surface area contributed by atoms with Gasteiger partial charge in [-0.3, -0.25) is 4.79 Å². The normalized spacial score (nSPS) is 10.4. The molecule has 0 aliphatic heterocycles. The molecule has 4 rings (SSSR count). The highest BCUT2D eigenvalue weighted by atomic mass is 16.5. The number of ether oxygens (including phenoxy) is 4. The third-order valence-corrected chi connectivity index (χ3v) is 6.57. The summed E-state index contributed by atoms with van der Waals surface area (Å²) in [7, 11) is 0. The Morgan fingerprint density at radius 3 is 1.78 bits per heavy atom. The molecule has 0 atom stereocenters. The molecule has 0 aliphatic rings. The SMILES string of the molecule is C=CC(=O)OCCCCCCOc1ccc(C(=O)Oc2ccc(C(=O)Oc3ccc(C(=O)c4ccccc4)c(O)c3)cc2)cc1. The van der Waals surface area contributed by atoms with E-state index in [-0.39, 0.29) is 34.2 Å². The molecule has 0 aliphatic carbocycles. The average molecular weight is 609 g/mol. The van der Waals surface area contributed by atoms with Gasteiger partial charge in [0.25, 0.3) is 0 Å². The fourth-order valence-corrected chi connectivity index (χ4v) is 4.17. The van der Waals surface area contributed by atoms with Gasteiger partial charge in [-0.1, -0.05) is 36.9 Å². The summed E-state index contributed by atoms with van der Waals surface area (Å²) in [6.07, 6.45) is 4.61. The summed E-state index contributed by atoms with van der Waals surface area (Å²) < 4.78 is 21.4. The van der Waals surface area contributed by atoms with Crippen LogP contribution in [0.1, 0.15) is 62.3 Å². The van der Waals surface area contributed by atoms with Gasteiger partial charge in [-0.15, -0.1) is 0 Å². The third-order valence-electron chi connectivity index (χ3n) is 6.57. The summed E-state index contributed by atoms with van der Waals surface area (Å²) in [5.74, 6) is -1.43. The van der Waals surface area contributed by atoms with Crippen molar-refractivity contribution in [1.29, 1.82) is 0 Å². The number of hydrogen-bond donors (Lipinski definition) is 1. The quantitative estimate of drug-likeness (QED) is 0.0514. The highest BCUT2D eigenvalue weighted by Gasteiger charge is 2.16. The molecular weight excluding hydrogens is 576 g/mol. The van der Waals surface area contributed by atoms with Crippen LogP contribution in [0.25, 0.3) is 0 Å². The molecule has 0 radical (unpaired) electrons. The number of ketones is 1. The van der Waals surface area contributed by atoms with Crippen molar-refractivity contribution in [2.24, 2.45) is 0 Å². The molecule has 0 unspecified atom stereocenters. The fourth-order valence-electron chi connectivity index (χ4n) is 4.17. The molecule has 0 bridgehead atoms. The predicted octanol–water partition coefficient (Wildman–Crippen LogP) is 6.73. The van der Waals surface area contributed by atoms with Crippen molar-refractivity contribution in [1.82, 2.24) is 0 Å². The van der Waals surface area contributed by atoms with Crippen LogP contribution in [0.15, 0.2) is 110 Å². The molecule has 9 heteroatoms. The zero-order chi connectivity index (χ0) is 32.0. The summed E-state index contributed by atoms with van der Waals surface area (Å²) in [5, 5.41) is 10.4. The fraction of sp³-hybridized carbons (Fsp3) is 0.167. The Kier molecular flexibility index (Phi) is 11.6. The van der Waals surface area contributed by atoms with Crippen LogP contribution in [-0.4, -0.2) is 42.0 Å². The predicted molar refractivity (Wildman–Crippen MR) is 166 cm³/mol. The Balaban J connectivity index is 1.21. The Morgan fingerprint density at radius 1 is 0.622 bits per heavy atom. The summed E-state index contributed by atoms with van der Waals surface area (Å²) in [5.41, 5.74) is 1.03. The maximum Gasteiger partial charge on any atom is 0.343 e. The summed E-state index contributed by atoms with van der Waals surface area (Å²) in [6.45, 7) is 4.25. The van der Waals surface area contributed by atoms with E-state index in [2.05, 4.69) is 6.58 Å². The Labute approximate surface area is 260 Å². The number of hydrogen-bond acceptors (Lipinski definition) is 9. The van der Waals surface area contributed by atoms with Crippen molar-refractivity contribution < 1.29 is 43.2 Å². The Morgan fingerprint density at radius 2 is 1.18 bits per heavy atom. The van der Waals surface area contributed by atoms with E-state index in [0.717, 1.165) is 31.8 Å². The topological polar surface area (TPSA) is 125 Å². The summed E-state index contributed by atoms with van der Waals surface area (Å²) in [6, 6.07) is 25.0. The largest absolute Gasteiger partial charge is 0.507 e. The van der Waals surface area contributed by atoms with Gasteiger partial charge in [0.15, 0.2) is 5.78 Å². The van der Waals surface area contributed by atoms with Crippen LogP contribution in [0, 0.1) is 0 Å². The summed E-state index contributed by atoms with van der Waals surface area (Å²) >= 11 is 0. The van der Waals surface area contributed by atoms with Crippen molar-refractivity contribution in [3.8, 4) is 23.0 Å². The van der Waals surface area contributed by atoms with Gasteiger partial charge in [0.05, 0.1) is 29.9 Å². The number of rotatable bonds is 15. The van der Waals surface area contributed by atoms with E-state index in [0.29, 0.717) is 30.1 Å². The molecule has 45 heavy (non-hydrogen) atoms. The molecule has 0 saturated carbocycles. The van der Waals surface area contributed by atoms with Gasteiger partial charge < -0.3 is 24.1 Å². The van der Waals surface area contributed by atoms with Crippen molar-refractivity contribution in [3.63, 3.8) is 0 Å². The molecule has 230 valence electrons. The number of phenols is 1. The lowest BCUT2D eigenvalue weighted by Gasteiger charge is -2.09. The van der Waals surface area contributed by atoms with Gasteiger partial charge in [-0.25, -0.2) is 14.4 Å². The summed E-state index contributed by atoms with van der Waals surface area (Å²) in [4.78, 5) is 48.8. The number of unbranched alkanes of at least 4 members (excludes halogenated alkanes) is 3. The monoisotopic (exact) mass is 608 g/mol. The Bertz CT molecular complexity index is 1630. The van der Waals surface area contributed by atoms with E-state index in [9.17, 15) is 24.3 Å². The van der Waals surface area contributed by atoms with Gasteiger partial charge in [-0.05, 0) is 86.3 Å². The number of carbonyl (C=O) groups is 4. The van der Waals surface area contributed by atoms with Crippen molar-refractivity contribution >= 4 is 23.7 Å². The highest BCUT2D eigenvalue weighted by molar-refractivity contribution is 6.10. The van der Waals surface area contributed by atoms with Gasteiger partial charge >= 0.3 is 17.9 Å². The van der Waals surface area contributed by atoms with Gasteiger partial charge in [0.2, 0.25) is 0 Å². The maximum atomic E-state index is 12.6. The van der Waals surface area contributed by atoms with E-state index < -0.39 is 17.9 Å². The minimum Gasteiger partial charge on any atom is -0.507 e. The molecule has 0 amide bonds. The second-order valence-electron chi connectivity index (χ2n) is 9.84. The highest BCUT2D eigenvalue weighted by Crippen LogP contribution is 2.27. The van der Waals surface area contributed by atoms with Gasteiger partial charge in [0.1, 0.15) is 23.0 Å². The number of benzene rings is 4. The lowest BCUT2D eigenvalue weighted by Crippen LogP contribution is -2.10. The minimum absolute atomic E-state index is 0.0637. The smallest absolute Gasteiger partial charge is 0.343 e. The second kappa shape index (κ2) is 16.2. The molecule has 4 aromatic rings. The van der Waals surface area contributed by atoms with E-state index in [1.54, 1.807) is 54.6 Å². The molecular formula is C36H32O9. The average Bonchev–Trinajstić information content (AvgIpc) is 3.06. The second-order valence-corrected chi connectivity index (χ2v) is 9.84. The molecule has 0 aromatic heterocycles. The van der Waals surface area contributed by atoms with Crippen LogP contribution in [0.2, 0.25) is 0 Å². The molecule has 1 N–H and O–H groups in total. The number of esters is 3. The molecule has 9 nitrogen and oxygen atoms in total. The number of phenolic OH excluding ortho intramolecular Hbond substituents is 1. The Hall–Kier alpha value is -5.70. The van der Waals surface area contributed by atoms with Crippen molar-refractivity contribution in [2.75, 3.05) is 13.2 Å². The van der Waals surface area contributed by atoms with Crippen LogP contribution < -0.4 is 14.2 Å². The minimum atomic E-state index is -0.695. The lowest BCUT2D eigenvalue weighted by atomic mass is 10.0. The molecule has 0 saturated heterocycles. The number of aromatic hydroxyl groups is 1. The van der Waals surface area contributed by atoms with Crippen LogP contribution >= 0.6 is 0 Å². The van der Waals surface area contributed by atoms with E-state index >= 15 is 0 Å². The van der Waals surface area contributed by atoms with Crippen molar-refractivity contribution in [3.05, 3.63) is 132 Å². The lowest BCUT2D eigenvalue weighted by molar-refractivity contribution is -0.137. The zero-order valence-corrected chi connectivity index (χ0v) is 24.5.